The smallest absolute Gasteiger partial charge is 0.255 e. The molecule has 23 heavy (non-hydrogen) atoms. The Morgan fingerprint density at radius 3 is 2.70 bits per heavy atom. The van der Waals surface area contributed by atoms with Gasteiger partial charge in [0.1, 0.15) is 0 Å². The Balaban J connectivity index is 1.66. The maximum atomic E-state index is 12.3. The van der Waals surface area contributed by atoms with Crippen LogP contribution in [0, 0.1) is 0 Å². The van der Waals surface area contributed by atoms with Gasteiger partial charge >= 0.3 is 0 Å². The van der Waals surface area contributed by atoms with Gasteiger partial charge in [-0.05, 0) is 36.2 Å². The number of anilines is 1. The van der Waals surface area contributed by atoms with E-state index in [9.17, 15) is 4.79 Å². The van der Waals surface area contributed by atoms with E-state index in [0.717, 1.165) is 18.4 Å². The molecule has 0 fully saturated rings. The second-order valence-electron chi connectivity index (χ2n) is 5.34. The van der Waals surface area contributed by atoms with Gasteiger partial charge in [-0.3, -0.25) is 4.79 Å². The highest BCUT2D eigenvalue weighted by Gasteiger charge is 2.14. The number of hydrogen-bond donors (Lipinski definition) is 1. The molecule has 1 aliphatic heterocycles. The standard InChI is InChI=1S/C19H19NO3/c1-2-3-4-5-14-6-8-15(9-7-14)19(21)20-16-10-11-17-18(12-16)23-13-22-17/h4-12H,2-3,13H2,1H3,(H,20,21). The van der Waals surface area contributed by atoms with Crippen molar-refractivity contribution in [3.05, 3.63) is 59.7 Å². The van der Waals surface area contributed by atoms with Gasteiger partial charge in [-0.15, -0.1) is 0 Å². The first-order valence-electron chi connectivity index (χ1n) is 7.74. The van der Waals surface area contributed by atoms with Crippen LogP contribution >= 0.6 is 0 Å². The molecule has 0 aromatic heterocycles. The fourth-order valence-corrected chi connectivity index (χ4v) is 2.31. The third-order valence-corrected chi connectivity index (χ3v) is 3.57. The van der Waals surface area contributed by atoms with E-state index >= 15 is 0 Å². The summed E-state index contributed by atoms with van der Waals surface area (Å²) in [5.74, 6) is 1.21. The Morgan fingerprint density at radius 1 is 1.13 bits per heavy atom. The van der Waals surface area contributed by atoms with Gasteiger partial charge in [-0.1, -0.05) is 37.6 Å². The molecule has 0 unspecified atom stereocenters. The highest BCUT2D eigenvalue weighted by molar-refractivity contribution is 6.04. The van der Waals surface area contributed by atoms with E-state index in [2.05, 4.69) is 24.4 Å². The molecule has 0 atom stereocenters. The van der Waals surface area contributed by atoms with Gasteiger partial charge in [0.25, 0.3) is 5.91 Å². The molecule has 0 aliphatic carbocycles. The van der Waals surface area contributed by atoms with E-state index in [-0.39, 0.29) is 12.7 Å². The van der Waals surface area contributed by atoms with E-state index in [4.69, 9.17) is 9.47 Å². The molecule has 1 N–H and O–H groups in total. The summed E-state index contributed by atoms with van der Waals surface area (Å²) in [6.07, 6.45) is 6.41. The normalized spacial score (nSPS) is 12.6. The second kappa shape index (κ2) is 7.01. The summed E-state index contributed by atoms with van der Waals surface area (Å²) in [6, 6.07) is 12.9. The lowest BCUT2D eigenvalue weighted by molar-refractivity contribution is 0.102. The number of unbranched alkanes of at least 4 members (excludes halogenated alkanes) is 1. The van der Waals surface area contributed by atoms with Crippen LogP contribution in [0.15, 0.2) is 48.5 Å². The Hall–Kier alpha value is -2.75. The molecule has 2 aromatic rings. The van der Waals surface area contributed by atoms with Gasteiger partial charge < -0.3 is 14.8 Å². The van der Waals surface area contributed by atoms with Crippen molar-refractivity contribution >= 4 is 17.7 Å². The fraction of sp³-hybridized carbons (Fsp3) is 0.211. The highest BCUT2D eigenvalue weighted by atomic mass is 16.7. The van der Waals surface area contributed by atoms with E-state index in [1.165, 1.54) is 0 Å². The Kier molecular flexibility index (Phi) is 4.62. The average Bonchev–Trinajstić information content (AvgIpc) is 3.03. The third kappa shape index (κ3) is 3.72. The van der Waals surface area contributed by atoms with Crippen molar-refractivity contribution in [2.75, 3.05) is 12.1 Å². The monoisotopic (exact) mass is 309 g/mol. The first-order valence-corrected chi connectivity index (χ1v) is 7.74. The van der Waals surface area contributed by atoms with Crippen molar-refractivity contribution in [2.45, 2.75) is 19.8 Å². The molecule has 0 saturated heterocycles. The van der Waals surface area contributed by atoms with E-state index in [1.54, 1.807) is 18.2 Å². The lowest BCUT2D eigenvalue weighted by Crippen LogP contribution is -2.11. The lowest BCUT2D eigenvalue weighted by atomic mass is 10.1. The quantitative estimate of drug-likeness (QED) is 0.885. The highest BCUT2D eigenvalue weighted by Crippen LogP contribution is 2.34. The molecule has 1 heterocycles. The topological polar surface area (TPSA) is 47.6 Å². The average molecular weight is 309 g/mol. The number of nitrogens with one attached hydrogen (secondary N) is 1. The van der Waals surface area contributed by atoms with E-state index in [0.29, 0.717) is 22.7 Å². The van der Waals surface area contributed by atoms with Crippen LogP contribution in [0.5, 0.6) is 11.5 Å². The number of carbonyl (C=O) groups is 1. The molecular formula is C19H19NO3. The zero-order chi connectivity index (χ0) is 16.1. The number of fused-ring (bicyclic) bond motifs is 1. The minimum absolute atomic E-state index is 0.145. The summed E-state index contributed by atoms with van der Waals surface area (Å²) >= 11 is 0. The number of hydrogen-bond acceptors (Lipinski definition) is 3. The lowest BCUT2D eigenvalue weighted by Gasteiger charge is -2.06. The van der Waals surface area contributed by atoms with Gasteiger partial charge in [0, 0.05) is 17.3 Å². The van der Waals surface area contributed by atoms with Gasteiger partial charge in [-0.2, -0.15) is 0 Å². The van der Waals surface area contributed by atoms with Crippen LogP contribution in [0.1, 0.15) is 35.7 Å². The number of carbonyl (C=O) groups excluding carboxylic acids is 1. The zero-order valence-electron chi connectivity index (χ0n) is 13.0. The number of amides is 1. The van der Waals surface area contributed by atoms with Crippen molar-refractivity contribution in [3.8, 4) is 11.5 Å². The molecule has 0 radical (unpaired) electrons. The third-order valence-electron chi connectivity index (χ3n) is 3.57. The predicted molar refractivity (Wildman–Crippen MR) is 90.9 cm³/mol. The van der Waals surface area contributed by atoms with Crippen LogP contribution in [-0.4, -0.2) is 12.7 Å². The molecule has 1 aliphatic rings. The summed E-state index contributed by atoms with van der Waals surface area (Å²) in [5.41, 5.74) is 2.40. The van der Waals surface area contributed by atoms with Crippen molar-refractivity contribution in [3.63, 3.8) is 0 Å². The molecule has 3 rings (SSSR count). The van der Waals surface area contributed by atoms with Crippen LogP contribution in [0.25, 0.3) is 6.08 Å². The zero-order valence-corrected chi connectivity index (χ0v) is 13.0. The van der Waals surface area contributed by atoms with Gasteiger partial charge in [0.15, 0.2) is 11.5 Å². The van der Waals surface area contributed by atoms with E-state index in [1.807, 2.05) is 24.3 Å². The summed E-state index contributed by atoms with van der Waals surface area (Å²) in [6.45, 7) is 2.37. The van der Waals surface area contributed by atoms with Gasteiger partial charge in [-0.25, -0.2) is 0 Å². The summed E-state index contributed by atoms with van der Waals surface area (Å²) in [7, 11) is 0. The van der Waals surface area contributed by atoms with Crippen molar-refractivity contribution in [1.82, 2.24) is 0 Å². The molecule has 1 amide bonds. The SMILES string of the molecule is CCCC=Cc1ccc(C(=O)Nc2ccc3c(c2)OCO3)cc1. The fourth-order valence-electron chi connectivity index (χ4n) is 2.31. The van der Waals surface area contributed by atoms with Crippen LogP contribution in [0.2, 0.25) is 0 Å². The van der Waals surface area contributed by atoms with Crippen LogP contribution in [-0.2, 0) is 0 Å². The minimum Gasteiger partial charge on any atom is -0.454 e. The Bertz CT molecular complexity index is 720. The van der Waals surface area contributed by atoms with Gasteiger partial charge in [0.05, 0.1) is 0 Å². The summed E-state index contributed by atoms with van der Waals surface area (Å²) in [4.78, 5) is 12.3. The van der Waals surface area contributed by atoms with Gasteiger partial charge in [0.2, 0.25) is 6.79 Å². The van der Waals surface area contributed by atoms with Crippen molar-refractivity contribution in [1.29, 1.82) is 0 Å². The molecule has 4 nitrogen and oxygen atoms in total. The number of allylic oxidation sites excluding steroid dienone is 1. The minimum atomic E-state index is -0.145. The maximum absolute atomic E-state index is 12.3. The molecule has 4 heteroatoms. The van der Waals surface area contributed by atoms with Crippen LogP contribution in [0.4, 0.5) is 5.69 Å². The number of benzene rings is 2. The van der Waals surface area contributed by atoms with E-state index < -0.39 is 0 Å². The number of rotatable bonds is 5. The molecule has 0 saturated carbocycles. The first kappa shape index (κ1) is 15.2. The maximum Gasteiger partial charge on any atom is 0.255 e. The second-order valence-corrected chi connectivity index (χ2v) is 5.34. The number of ether oxygens (including phenoxy) is 2. The molecular weight excluding hydrogens is 290 g/mol. The first-order chi connectivity index (χ1) is 11.3. The summed E-state index contributed by atoms with van der Waals surface area (Å²) in [5, 5.41) is 2.87. The largest absolute Gasteiger partial charge is 0.454 e. The Morgan fingerprint density at radius 2 is 1.91 bits per heavy atom. The van der Waals surface area contributed by atoms with Crippen LogP contribution < -0.4 is 14.8 Å². The molecule has 0 spiro atoms. The Labute approximate surface area is 135 Å². The van der Waals surface area contributed by atoms with Crippen molar-refractivity contribution < 1.29 is 14.3 Å². The summed E-state index contributed by atoms with van der Waals surface area (Å²) < 4.78 is 10.6. The molecule has 118 valence electrons. The molecule has 0 bridgehead atoms. The predicted octanol–water partition coefficient (Wildman–Crippen LogP) is 4.48. The van der Waals surface area contributed by atoms with Crippen molar-refractivity contribution in [2.24, 2.45) is 0 Å². The van der Waals surface area contributed by atoms with Crippen LogP contribution in [0.3, 0.4) is 0 Å². The molecule has 2 aromatic carbocycles.